The van der Waals surface area contributed by atoms with Crippen molar-refractivity contribution in [3.8, 4) is 11.1 Å². The number of hydrogen-bond acceptors (Lipinski definition) is 4. The summed E-state index contributed by atoms with van der Waals surface area (Å²) in [5.74, 6) is 0.718. The van der Waals surface area contributed by atoms with E-state index in [0.29, 0.717) is 5.65 Å². The highest BCUT2D eigenvalue weighted by Crippen LogP contribution is 2.24. The summed E-state index contributed by atoms with van der Waals surface area (Å²) in [6.45, 7) is 0. The molecule has 0 aliphatic rings. The van der Waals surface area contributed by atoms with Gasteiger partial charge in [-0.3, -0.25) is 0 Å². The van der Waals surface area contributed by atoms with E-state index in [1.54, 1.807) is 6.33 Å². The van der Waals surface area contributed by atoms with Crippen LogP contribution in [0, 0.1) is 0 Å². The molecule has 4 rings (SSSR count). The van der Waals surface area contributed by atoms with Gasteiger partial charge in [0.2, 0.25) is 0 Å². The van der Waals surface area contributed by atoms with E-state index in [4.69, 9.17) is 0 Å². The van der Waals surface area contributed by atoms with E-state index < -0.39 is 0 Å². The van der Waals surface area contributed by atoms with Crippen molar-refractivity contribution in [2.75, 3.05) is 5.32 Å². The van der Waals surface area contributed by atoms with E-state index in [0.717, 1.165) is 17.0 Å². The standard InChI is InChI=1S/C17H13N5/c1-2-4-12(5-3-1)13-6-8-14(9-7-13)22-17-15-16(19-10-18-15)20-11-21-17/h1-11H,(H2,18,19,20,21,22). The Morgan fingerprint density at radius 1 is 0.773 bits per heavy atom. The molecular formula is C17H13N5. The third kappa shape index (κ3) is 2.29. The molecule has 5 nitrogen and oxygen atoms in total. The summed E-state index contributed by atoms with van der Waals surface area (Å²) >= 11 is 0. The molecule has 2 N–H and O–H groups in total. The van der Waals surface area contributed by atoms with E-state index in [2.05, 4.69) is 49.5 Å². The molecule has 2 aromatic carbocycles. The Morgan fingerprint density at radius 2 is 1.55 bits per heavy atom. The third-order valence-electron chi connectivity index (χ3n) is 3.48. The van der Waals surface area contributed by atoms with Crippen molar-refractivity contribution in [2.45, 2.75) is 0 Å². The molecule has 0 spiro atoms. The Labute approximate surface area is 127 Å². The molecule has 0 aliphatic carbocycles. The SMILES string of the molecule is c1ccc(-c2ccc(Nc3ncnc4nc[nH]c34)cc2)cc1. The van der Waals surface area contributed by atoms with Crippen LogP contribution in [-0.2, 0) is 0 Å². The maximum atomic E-state index is 4.26. The highest BCUT2D eigenvalue weighted by Gasteiger charge is 2.06. The molecule has 0 fully saturated rings. The molecular weight excluding hydrogens is 274 g/mol. The van der Waals surface area contributed by atoms with E-state index >= 15 is 0 Å². The molecule has 106 valence electrons. The van der Waals surface area contributed by atoms with Gasteiger partial charge in [-0.15, -0.1) is 0 Å². The topological polar surface area (TPSA) is 66.5 Å². The molecule has 0 bridgehead atoms. The number of anilines is 2. The average Bonchev–Trinajstić information content (AvgIpc) is 3.06. The lowest BCUT2D eigenvalue weighted by Crippen LogP contribution is -1.95. The first-order chi connectivity index (χ1) is 10.9. The van der Waals surface area contributed by atoms with E-state index in [1.807, 2.05) is 30.3 Å². The predicted molar refractivity (Wildman–Crippen MR) is 86.8 cm³/mol. The Balaban J connectivity index is 1.63. The summed E-state index contributed by atoms with van der Waals surface area (Å²) < 4.78 is 0. The summed E-state index contributed by atoms with van der Waals surface area (Å²) in [7, 11) is 0. The molecule has 0 unspecified atom stereocenters. The highest BCUT2D eigenvalue weighted by molar-refractivity contribution is 5.84. The van der Waals surface area contributed by atoms with Gasteiger partial charge in [0.25, 0.3) is 0 Å². The maximum Gasteiger partial charge on any atom is 0.182 e. The molecule has 0 aliphatic heterocycles. The highest BCUT2D eigenvalue weighted by atomic mass is 15.1. The van der Waals surface area contributed by atoms with Gasteiger partial charge in [0.05, 0.1) is 6.33 Å². The summed E-state index contributed by atoms with van der Waals surface area (Å²) in [6, 6.07) is 18.5. The summed E-state index contributed by atoms with van der Waals surface area (Å²) in [4.78, 5) is 15.5. The molecule has 22 heavy (non-hydrogen) atoms. The number of H-pyrrole nitrogens is 1. The van der Waals surface area contributed by atoms with Crippen molar-refractivity contribution in [3.63, 3.8) is 0 Å². The normalized spacial score (nSPS) is 10.7. The first-order valence-corrected chi connectivity index (χ1v) is 6.97. The fourth-order valence-electron chi connectivity index (χ4n) is 2.37. The minimum absolute atomic E-state index is 0.651. The van der Waals surface area contributed by atoms with Crippen LogP contribution in [0.15, 0.2) is 67.3 Å². The Morgan fingerprint density at radius 3 is 2.36 bits per heavy atom. The molecule has 0 saturated carbocycles. The molecule has 0 atom stereocenters. The number of aromatic nitrogens is 4. The van der Waals surface area contributed by atoms with Crippen molar-refractivity contribution < 1.29 is 0 Å². The largest absolute Gasteiger partial charge is 0.340 e. The van der Waals surface area contributed by atoms with Gasteiger partial charge in [0.1, 0.15) is 11.8 Å². The van der Waals surface area contributed by atoms with Crippen LogP contribution >= 0.6 is 0 Å². The molecule has 0 saturated heterocycles. The van der Waals surface area contributed by atoms with Crippen LogP contribution < -0.4 is 5.32 Å². The number of aromatic amines is 1. The first kappa shape index (κ1) is 12.5. The third-order valence-corrected chi connectivity index (χ3v) is 3.48. The first-order valence-electron chi connectivity index (χ1n) is 6.97. The lowest BCUT2D eigenvalue weighted by Gasteiger charge is -2.07. The van der Waals surface area contributed by atoms with Gasteiger partial charge in [0, 0.05) is 5.69 Å². The Hall–Kier alpha value is -3.21. The minimum Gasteiger partial charge on any atom is -0.340 e. The van der Waals surface area contributed by atoms with Crippen molar-refractivity contribution in [3.05, 3.63) is 67.3 Å². The summed E-state index contributed by atoms with van der Waals surface area (Å²) in [5.41, 5.74) is 4.80. The van der Waals surface area contributed by atoms with E-state index in [1.165, 1.54) is 17.5 Å². The number of hydrogen-bond donors (Lipinski definition) is 2. The van der Waals surface area contributed by atoms with Crippen molar-refractivity contribution >= 4 is 22.7 Å². The smallest absolute Gasteiger partial charge is 0.182 e. The lowest BCUT2D eigenvalue weighted by atomic mass is 10.1. The number of nitrogens with one attached hydrogen (secondary N) is 2. The van der Waals surface area contributed by atoms with Crippen LogP contribution in [0.4, 0.5) is 11.5 Å². The van der Waals surface area contributed by atoms with Crippen LogP contribution in [0.3, 0.4) is 0 Å². The van der Waals surface area contributed by atoms with E-state index in [9.17, 15) is 0 Å². The van der Waals surface area contributed by atoms with Gasteiger partial charge in [-0.1, -0.05) is 42.5 Å². The van der Waals surface area contributed by atoms with Crippen LogP contribution in [0.1, 0.15) is 0 Å². The minimum atomic E-state index is 0.651. The monoisotopic (exact) mass is 287 g/mol. The maximum absolute atomic E-state index is 4.26. The Kier molecular flexibility index (Phi) is 3.01. The number of imidazole rings is 1. The van der Waals surface area contributed by atoms with E-state index in [-0.39, 0.29) is 0 Å². The number of fused-ring (bicyclic) bond motifs is 1. The average molecular weight is 287 g/mol. The summed E-state index contributed by atoms with van der Waals surface area (Å²) in [5, 5.41) is 3.29. The Bertz CT molecular complexity index is 897. The van der Waals surface area contributed by atoms with Gasteiger partial charge in [-0.25, -0.2) is 15.0 Å². The number of benzene rings is 2. The quantitative estimate of drug-likeness (QED) is 0.602. The fourth-order valence-corrected chi connectivity index (χ4v) is 2.37. The van der Waals surface area contributed by atoms with Gasteiger partial charge >= 0.3 is 0 Å². The molecule has 4 aromatic rings. The summed E-state index contributed by atoms with van der Waals surface area (Å²) in [6.07, 6.45) is 3.12. The molecule has 5 heteroatoms. The fraction of sp³-hybridized carbons (Fsp3) is 0. The second-order valence-electron chi connectivity index (χ2n) is 4.89. The molecule has 2 heterocycles. The number of rotatable bonds is 3. The van der Waals surface area contributed by atoms with Gasteiger partial charge in [0.15, 0.2) is 11.5 Å². The zero-order valence-electron chi connectivity index (χ0n) is 11.7. The van der Waals surface area contributed by atoms with Crippen LogP contribution in [0.5, 0.6) is 0 Å². The van der Waals surface area contributed by atoms with Crippen LogP contribution in [0.2, 0.25) is 0 Å². The second-order valence-corrected chi connectivity index (χ2v) is 4.89. The lowest BCUT2D eigenvalue weighted by molar-refractivity contribution is 1.20. The second kappa shape index (κ2) is 5.29. The van der Waals surface area contributed by atoms with Gasteiger partial charge < -0.3 is 10.3 Å². The van der Waals surface area contributed by atoms with Gasteiger partial charge in [-0.05, 0) is 23.3 Å². The van der Waals surface area contributed by atoms with Gasteiger partial charge in [-0.2, -0.15) is 0 Å². The molecule has 0 radical (unpaired) electrons. The number of nitrogens with zero attached hydrogens (tertiary/aromatic N) is 3. The predicted octanol–water partition coefficient (Wildman–Crippen LogP) is 3.76. The van der Waals surface area contributed by atoms with Crippen LogP contribution in [-0.4, -0.2) is 19.9 Å². The van der Waals surface area contributed by atoms with Crippen molar-refractivity contribution in [1.29, 1.82) is 0 Å². The zero-order chi connectivity index (χ0) is 14.8. The van der Waals surface area contributed by atoms with Crippen LogP contribution in [0.25, 0.3) is 22.3 Å². The molecule has 2 aromatic heterocycles. The zero-order valence-corrected chi connectivity index (χ0v) is 11.7. The molecule has 0 amide bonds. The van der Waals surface area contributed by atoms with Crippen molar-refractivity contribution in [1.82, 2.24) is 19.9 Å². The van der Waals surface area contributed by atoms with Crippen molar-refractivity contribution in [2.24, 2.45) is 0 Å².